The zero-order chi connectivity index (χ0) is 12.2. The number of para-hydroxylation sites is 1. The molecule has 0 bridgehead atoms. The van der Waals surface area contributed by atoms with Gasteiger partial charge < -0.3 is 0 Å². The van der Waals surface area contributed by atoms with Gasteiger partial charge in [-0.3, -0.25) is 4.98 Å². The largest absolute Gasteiger partial charge is 0.256 e. The van der Waals surface area contributed by atoms with Gasteiger partial charge in [-0.25, -0.2) is 0 Å². The molecule has 0 aliphatic carbocycles. The van der Waals surface area contributed by atoms with Crippen LogP contribution in [0, 0.1) is 0 Å². The van der Waals surface area contributed by atoms with Crippen molar-refractivity contribution in [3.63, 3.8) is 0 Å². The molecule has 1 heteroatoms. The molecule has 0 saturated carbocycles. The van der Waals surface area contributed by atoms with Gasteiger partial charge in [0.1, 0.15) is 0 Å². The maximum absolute atomic E-state index is 4.40. The van der Waals surface area contributed by atoms with Crippen LogP contribution in [0.15, 0.2) is 66.9 Å². The Balaban J connectivity index is 1.87. The van der Waals surface area contributed by atoms with E-state index in [1.54, 1.807) is 0 Å². The molecular formula is C17H15N. The molecule has 3 aromatic rings. The third-order valence-electron chi connectivity index (χ3n) is 3.27. The Kier molecular flexibility index (Phi) is 3.05. The lowest BCUT2D eigenvalue weighted by molar-refractivity contribution is 0.967. The lowest BCUT2D eigenvalue weighted by atomic mass is 10.0. The first-order chi connectivity index (χ1) is 8.93. The Labute approximate surface area is 107 Å². The number of aryl methyl sites for hydroxylation is 2. The molecule has 1 heterocycles. The average Bonchev–Trinajstić information content (AvgIpc) is 2.46. The van der Waals surface area contributed by atoms with Crippen molar-refractivity contribution >= 4 is 10.9 Å². The summed E-state index contributed by atoms with van der Waals surface area (Å²) in [6.07, 6.45) is 4.05. The van der Waals surface area contributed by atoms with E-state index in [4.69, 9.17) is 0 Å². The summed E-state index contributed by atoms with van der Waals surface area (Å²) in [5, 5.41) is 1.27. The van der Waals surface area contributed by atoms with E-state index in [-0.39, 0.29) is 0 Å². The molecule has 0 amide bonds. The van der Waals surface area contributed by atoms with Crippen LogP contribution in [-0.4, -0.2) is 4.98 Å². The van der Waals surface area contributed by atoms with Crippen molar-refractivity contribution in [3.05, 3.63) is 78.0 Å². The van der Waals surface area contributed by atoms with E-state index < -0.39 is 0 Å². The van der Waals surface area contributed by atoms with Gasteiger partial charge in [0.15, 0.2) is 0 Å². The number of aromatic nitrogens is 1. The first-order valence-electron chi connectivity index (χ1n) is 6.30. The summed E-state index contributed by atoms with van der Waals surface area (Å²) in [6, 6.07) is 21.1. The maximum atomic E-state index is 4.40. The molecule has 0 atom stereocenters. The third kappa shape index (κ3) is 2.25. The molecule has 0 aliphatic heterocycles. The van der Waals surface area contributed by atoms with Crippen LogP contribution in [0.5, 0.6) is 0 Å². The predicted molar refractivity (Wildman–Crippen MR) is 75.6 cm³/mol. The minimum atomic E-state index is 1.06. The van der Waals surface area contributed by atoms with Gasteiger partial charge >= 0.3 is 0 Å². The van der Waals surface area contributed by atoms with E-state index >= 15 is 0 Å². The van der Waals surface area contributed by atoms with E-state index in [9.17, 15) is 0 Å². The Hall–Kier alpha value is -2.15. The maximum Gasteiger partial charge on any atom is 0.0704 e. The Morgan fingerprint density at radius 1 is 0.722 bits per heavy atom. The van der Waals surface area contributed by atoms with E-state index in [1.807, 2.05) is 12.3 Å². The van der Waals surface area contributed by atoms with Crippen molar-refractivity contribution in [2.45, 2.75) is 12.8 Å². The highest BCUT2D eigenvalue weighted by molar-refractivity contribution is 5.81. The van der Waals surface area contributed by atoms with E-state index in [0.717, 1.165) is 18.4 Å². The summed E-state index contributed by atoms with van der Waals surface area (Å²) >= 11 is 0. The zero-order valence-corrected chi connectivity index (χ0v) is 10.2. The molecule has 0 fully saturated rings. The van der Waals surface area contributed by atoms with E-state index in [2.05, 4.69) is 59.6 Å². The number of rotatable bonds is 3. The molecule has 0 radical (unpaired) electrons. The highest BCUT2D eigenvalue weighted by atomic mass is 14.6. The van der Waals surface area contributed by atoms with Crippen LogP contribution in [0.25, 0.3) is 10.9 Å². The molecule has 2 aromatic carbocycles. The SMILES string of the molecule is c1ccc(CCc2ccnc3ccccc23)cc1. The summed E-state index contributed by atoms with van der Waals surface area (Å²) in [7, 11) is 0. The fraction of sp³-hybridized carbons (Fsp3) is 0.118. The number of hydrogen-bond donors (Lipinski definition) is 0. The number of fused-ring (bicyclic) bond motifs is 1. The molecule has 0 spiro atoms. The smallest absolute Gasteiger partial charge is 0.0704 e. The van der Waals surface area contributed by atoms with Gasteiger partial charge in [-0.2, -0.15) is 0 Å². The molecule has 1 aromatic heterocycles. The van der Waals surface area contributed by atoms with Crippen molar-refractivity contribution in [2.75, 3.05) is 0 Å². The monoisotopic (exact) mass is 233 g/mol. The van der Waals surface area contributed by atoms with Crippen molar-refractivity contribution in [3.8, 4) is 0 Å². The molecule has 0 unspecified atom stereocenters. The van der Waals surface area contributed by atoms with Crippen LogP contribution in [0.2, 0.25) is 0 Å². The molecule has 0 saturated heterocycles. The first kappa shape index (κ1) is 11.0. The molecular weight excluding hydrogens is 218 g/mol. The quantitative estimate of drug-likeness (QED) is 0.665. The highest BCUT2D eigenvalue weighted by Gasteiger charge is 2.01. The molecule has 3 rings (SSSR count). The summed E-state index contributed by atoms with van der Waals surface area (Å²) in [5.74, 6) is 0. The lowest BCUT2D eigenvalue weighted by Crippen LogP contribution is -1.93. The first-order valence-corrected chi connectivity index (χ1v) is 6.30. The van der Waals surface area contributed by atoms with Crippen LogP contribution >= 0.6 is 0 Å². The van der Waals surface area contributed by atoms with E-state index in [1.165, 1.54) is 16.5 Å². The van der Waals surface area contributed by atoms with Crippen LogP contribution in [0.3, 0.4) is 0 Å². The topological polar surface area (TPSA) is 12.9 Å². The second-order valence-corrected chi connectivity index (χ2v) is 4.47. The fourth-order valence-electron chi connectivity index (χ4n) is 2.30. The normalized spacial score (nSPS) is 10.7. The molecule has 1 nitrogen and oxygen atoms in total. The fourth-order valence-corrected chi connectivity index (χ4v) is 2.30. The summed E-state index contributed by atoms with van der Waals surface area (Å²) < 4.78 is 0. The van der Waals surface area contributed by atoms with Crippen molar-refractivity contribution < 1.29 is 0 Å². The van der Waals surface area contributed by atoms with Crippen LogP contribution in [0.4, 0.5) is 0 Å². The van der Waals surface area contributed by atoms with Crippen molar-refractivity contribution in [1.82, 2.24) is 4.98 Å². The molecule has 0 N–H and O–H groups in total. The Morgan fingerprint density at radius 2 is 1.50 bits per heavy atom. The number of nitrogens with zero attached hydrogens (tertiary/aromatic N) is 1. The summed E-state index contributed by atoms with van der Waals surface area (Å²) in [5.41, 5.74) is 3.85. The Morgan fingerprint density at radius 3 is 2.39 bits per heavy atom. The lowest BCUT2D eigenvalue weighted by Gasteiger charge is -2.06. The van der Waals surface area contributed by atoms with Crippen LogP contribution in [0.1, 0.15) is 11.1 Å². The molecule has 88 valence electrons. The second-order valence-electron chi connectivity index (χ2n) is 4.47. The highest BCUT2D eigenvalue weighted by Crippen LogP contribution is 2.18. The summed E-state index contributed by atoms with van der Waals surface area (Å²) in [6.45, 7) is 0. The van der Waals surface area contributed by atoms with Gasteiger partial charge in [0.05, 0.1) is 5.52 Å². The van der Waals surface area contributed by atoms with Gasteiger partial charge in [0, 0.05) is 11.6 Å². The molecule has 18 heavy (non-hydrogen) atoms. The van der Waals surface area contributed by atoms with Gasteiger partial charge in [-0.1, -0.05) is 48.5 Å². The molecule has 0 aliphatic rings. The van der Waals surface area contributed by atoms with Gasteiger partial charge in [0.2, 0.25) is 0 Å². The number of benzene rings is 2. The Bertz CT molecular complexity index is 639. The number of pyridine rings is 1. The number of hydrogen-bond acceptors (Lipinski definition) is 1. The predicted octanol–water partition coefficient (Wildman–Crippen LogP) is 4.02. The zero-order valence-electron chi connectivity index (χ0n) is 10.2. The standard InChI is InChI=1S/C17H15N/c1-2-6-14(7-3-1)10-11-15-12-13-18-17-9-5-4-8-16(15)17/h1-9,12-13H,10-11H2. The van der Waals surface area contributed by atoms with Crippen molar-refractivity contribution in [1.29, 1.82) is 0 Å². The van der Waals surface area contributed by atoms with Crippen molar-refractivity contribution in [2.24, 2.45) is 0 Å². The van der Waals surface area contributed by atoms with E-state index in [0.29, 0.717) is 0 Å². The van der Waals surface area contributed by atoms with Gasteiger partial charge in [-0.05, 0) is 36.1 Å². The van der Waals surface area contributed by atoms with Gasteiger partial charge in [-0.15, -0.1) is 0 Å². The van der Waals surface area contributed by atoms with Crippen LogP contribution in [-0.2, 0) is 12.8 Å². The third-order valence-corrected chi connectivity index (χ3v) is 3.27. The van der Waals surface area contributed by atoms with Gasteiger partial charge in [0.25, 0.3) is 0 Å². The summed E-state index contributed by atoms with van der Waals surface area (Å²) in [4.78, 5) is 4.40. The van der Waals surface area contributed by atoms with Crippen LogP contribution < -0.4 is 0 Å². The minimum Gasteiger partial charge on any atom is -0.256 e. The second kappa shape index (κ2) is 5.01. The average molecular weight is 233 g/mol. The minimum absolute atomic E-state index is 1.06.